The van der Waals surface area contributed by atoms with Gasteiger partial charge in [-0.15, -0.1) is 0 Å². The van der Waals surface area contributed by atoms with Gasteiger partial charge in [0.2, 0.25) is 5.91 Å². The molecule has 3 N–H and O–H groups in total. The molecule has 0 aromatic rings. The molecule has 0 radical (unpaired) electrons. The van der Waals surface area contributed by atoms with E-state index in [1.807, 2.05) is 14.1 Å². The number of nitrogens with one attached hydrogen (secondary N) is 1. The average Bonchev–Trinajstić information content (AvgIpc) is 2.24. The highest BCUT2D eigenvalue weighted by atomic mass is 16.1. The zero-order valence-electron chi connectivity index (χ0n) is 11.2. The number of rotatable bonds is 6. The van der Waals surface area contributed by atoms with E-state index >= 15 is 0 Å². The van der Waals surface area contributed by atoms with Gasteiger partial charge < -0.3 is 16.0 Å². The van der Waals surface area contributed by atoms with Crippen LogP contribution in [-0.2, 0) is 4.79 Å². The molecule has 1 fully saturated rings. The predicted molar refractivity (Wildman–Crippen MR) is 70.7 cm³/mol. The molecule has 4 nitrogen and oxygen atoms in total. The van der Waals surface area contributed by atoms with Gasteiger partial charge in [-0.1, -0.05) is 6.42 Å². The maximum Gasteiger partial charge on any atom is 0.220 e. The number of hydrogen-bond acceptors (Lipinski definition) is 3. The summed E-state index contributed by atoms with van der Waals surface area (Å²) in [5, 5.41) is 2.99. The Bertz CT molecular complexity index is 231. The second kappa shape index (κ2) is 7.67. The smallest absolute Gasteiger partial charge is 0.220 e. The van der Waals surface area contributed by atoms with E-state index in [0.29, 0.717) is 18.4 Å². The van der Waals surface area contributed by atoms with Crippen LogP contribution in [0.4, 0.5) is 0 Å². The van der Waals surface area contributed by atoms with Gasteiger partial charge >= 0.3 is 0 Å². The average molecular weight is 241 g/mol. The van der Waals surface area contributed by atoms with E-state index in [9.17, 15) is 4.79 Å². The number of nitrogens with two attached hydrogens (primary N) is 1. The largest absolute Gasteiger partial charge is 0.356 e. The third-order valence-electron chi connectivity index (χ3n) is 3.40. The summed E-state index contributed by atoms with van der Waals surface area (Å²) in [4.78, 5) is 13.8. The molecule has 2 unspecified atom stereocenters. The Balaban J connectivity index is 2.07. The van der Waals surface area contributed by atoms with Crippen molar-refractivity contribution in [3.8, 4) is 0 Å². The number of carbonyl (C=O) groups is 1. The summed E-state index contributed by atoms with van der Waals surface area (Å²) in [7, 11) is 4.09. The third-order valence-corrected chi connectivity index (χ3v) is 3.40. The Morgan fingerprint density at radius 1 is 1.41 bits per heavy atom. The molecule has 1 aliphatic rings. The highest BCUT2D eigenvalue weighted by Gasteiger charge is 2.21. The van der Waals surface area contributed by atoms with Crippen LogP contribution >= 0.6 is 0 Å². The van der Waals surface area contributed by atoms with Crippen molar-refractivity contribution in [2.24, 2.45) is 11.7 Å². The van der Waals surface area contributed by atoms with Crippen LogP contribution in [0.1, 0.15) is 38.5 Å². The summed E-state index contributed by atoms with van der Waals surface area (Å²) in [6.07, 6.45) is 6.17. The number of nitrogens with zero attached hydrogens (tertiary/aromatic N) is 1. The van der Waals surface area contributed by atoms with Gasteiger partial charge in [0.15, 0.2) is 0 Å². The van der Waals surface area contributed by atoms with E-state index in [1.165, 1.54) is 12.8 Å². The summed E-state index contributed by atoms with van der Waals surface area (Å²) in [6, 6.07) is 0.315. The Morgan fingerprint density at radius 2 is 2.18 bits per heavy atom. The van der Waals surface area contributed by atoms with Crippen LogP contribution in [0.25, 0.3) is 0 Å². The van der Waals surface area contributed by atoms with Crippen LogP contribution in [0, 0.1) is 5.92 Å². The lowest BCUT2D eigenvalue weighted by atomic mass is 9.84. The Morgan fingerprint density at radius 3 is 2.82 bits per heavy atom. The first kappa shape index (κ1) is 14.5. The fraction of sp³-hybridized carbons (Fsp3) is 0.923. The van der Waals surface area contributed by atoms with Crippen molar-refractivity contribution >= 4 is 5.91 Å². The maximum absolute atomic E-state index is 11.7. The van der Waals surface area contributed by atoms with Crippen molar-refractivity contribution in [2.75, 3.05) is 27.2 Å². The molecule has 0 heterocycles. The first-order valence-electron chi connectivity index (χ1n) is 6.75. The quantitative estimate of drug-likeness (QED) is 0.681. The lowest BCUT2D eigenvalue weighted by Gasteiger charge is -2.26. The van der Waals surface area contributed by atoms with Crippen LogP contribution in [0.3, 0.4) is 0 Å². The highest BCUT2D eigenvalue weighted by molar-refractivity contribution is 5.76. The van der Waals surface area contributed by atoms with Gasteiger partial charge in [-0.05, 0) is 52.2 Å². The summed E-state index contributed by atoms with van der Waals surface area (Å²) < 4.78 is 0. The Labute approximate surface area is 105 Å². The van der Waals surface area contributed by atoms with Crippen LogP contribution < -0.4 is 11.1 Å². The second-order valence-corrected chi connectivity index (χ2v) is 5.50. The molecule has 4 heteroatoms. The summed E-state index contributed by atoms with van der Waals surface area (Å²) in [6.45, 7) is 1.81. The summed E-state index contributed by atoms with van der Waals surface area (Å²) in [5.74, 6) is 0.704. The van der Waals surface area contributed by atoms with Crippen LogP contribution in [0.15, 0.2) is 0 Å². The third kappa shape index (κ3) is 6.64. The van der Waals surface area contributed by atoms with Gasteiger partial charge in [0, 0.05) is 19.0 Å². The SMILES string of the molecule is CN(C)CCCNC(=O)CC1CCCC(N)C1. The minimum Gasteiger partial charge on any atom is -0.356 e. The van der Waals surface area contributed by atoms with Crippen molar-refractivity contribution < 1.29 is 4.79 Å². The van der Waals surface area contributed by atoms with Crippen molar-refractivity contribution in [1.82, 2.24) is 10.2 Å². The zero-order chi connectivity index (χ0) is 12.7. The fourth-order valence-corrected chi connectivity index (χ4v) is 2.48. The van der Waals surface area contributed by atoms with Gasteiger partial charge in [-0.2, -0.15) is 0 Å². The van der Waals surface area contributed by atoms with E-state index in [4.69, 9.17) is 5.73 Å². The van der Waals surface area contributed by atoms with Crippen molar-refractivity contribution in [2.45, 2.75) is 44.6 Å². The zero-order valence-corrected chi connectivity index (χ0v) is 11.2. The lowest BCUT2D eigenvalue weighted by molar-refractivity contribution is -0.122. The molecule has 0 bridgehead atoms. The second-order valence-electron chi connectivity index (χ2n) is 5.50. The molecular formula is C13H27N3O. The normalized spacial score (nSPS) is 24.9. The van der Waals surface area contributed by atoms with Crippen molar-refractivity contribution in [3.05, 3.63) is 0 Å². The molecule has 1 rings (SSSR count). The molecule has 100 valence electrons. The van der Waals surface area contributed by atoms with E-state index in [1.54, 1.807) is 0 Å². The maximum atomic E-state index is 11.7. The first-order chi connectivity index (χ1) is 8.08. The van der Waals surface area contributed by atoms with Crippen LogP contribution in [-0.4, -0.2) is 44.0 Å². The molecule has 1 aliphatic carbocycles. The molecule has 0 aromatic heterocycles. The standard InChI is InChI=1S/C13H27N3O/c1-16(2)8-4-7-15-13(17)10-11-5-3-6-12(14)9-11/h11-12H,3-10,14H2,1-2H3,(H,15,17). The first-order valence-corrected chi connectivity index (χ1v) is 6.75. The molecule has 0 spiro atoms. The van der Waals surface area contributed by atoms with Gasteiger partial charge in [0.25, 0.3) is 0 Å². The molecule has 17 heavy (non-hydrogen) atoms. The van der Waals surface area contributed by atoms with E-state index < -0.39 is 0 Å². The molecule has 1 saturated carbocycles. The predicted octanol–water partition coefficient (Wildman–Crippen LogP) is 0.962. The van der Waals surface area contributed by atoms with Crippen molar-refractivity contribution in [1.29, 1.82) is 0 Å². The minimum absolute atomic E-state index is 0.197. The monoisotopic (exact) mass is 241 g/mol. The molecule has 2 atom stereocenters. The van der Waals surface area contributed by atoms with E-state index in [0.717, 1.165) is 32.4 Å². The van der Waals surface area contributed by atoms with E-state index in [-0.39, 0.29) is 5.91 Å². The highest BCUT2D eigenvalue weighted by Crippen LogP contribution is 2.25. The number of hydrogen-bond donors (Lipinski definition) is 2. The number of carbonyl (C=O) groups excluding carboxylic acids is 1. The minimum atomic E-state index is 0.197. The van der Waals surface area contributed by atoms with Gasteiger partial charge in [-0.25, -0.2) is 0 Å². The van der Waals surface area contributed by atoms with Crippen LogP contribution in [0.2, 0.25) is 0 Å². The molecule has 0 aromatic carbocycles. The molecule has 0 saturated heterocycles. The van der Waals surface area contributed by atoms with Gasteiger partial charge in [0.1, 0.15) is 0 Å². The molecular weight excluding hydrogens is 214 g/mol. The lowest BCUT2D eigenvalue weighted by Crippen LogP contribution is -2.33. The Hall–Kier alpha value is -0.610. The summed E-state index contributed by atoms with van der Waals surface area (Å²) in [5.41, 5.74) is 5.92. The Kier molecular flexibility index (Phi) is 6.52. The molecule has 1 amide bonds. The topological polar surface area (TPSA) is 58.4 Å². The number of amides is 1. The fourth-order valence-electron chi connectivity index (χ4n) is 2.48. The van der Waals surface area contributed by atoms with Gasteiger partial charge in [-0.3, -0.25) is 4.79 Å². The summed E-state index contributed by atoms with van der Waals surface area (Å²) >= 11 is 0. The van der Waals surface area contributed by atoms with Crippen LogP contribution in [0.5, 0.6) is 0 Å². The molecule has 0 aliphatic heterocycles. The van der Waals surface area contributed by atoms with E-state index in [2.05, 4.69) is 10.2 Å². The van der Waals surface area contributed by atoms with Gasteiger partial charge in [0.05, 0.1) is 0 Å². The van der Waals surface area contributed by atoms with Crippen molar-refractivity contribution in [3.63, 3.8) is 0 Å².